The van der Waals surface area contributed by atoms with E-state index in [4.69, 9.17) is 0 Å². The molecule has 0 spiro atoms. The van der Waals surface area contributed by atoms with E-state index in [2.05, 4.69) is 21.3 Å². The molecule has 0 bridgehead atoms. The number of nitrogens with zero attached hydrogens (tertiary/aromatic N) is 2. The van der Waals surface area contributed by atoms with Gasteiger partial charge in [-0.15, -0.1) is 0 Å². The first-order valence-electron chi connectivity index (χ1n) is 1.54. The van der Waals surface area contributed by atoms with Gasteiger partial charge in [0.25, 0.3) is 0 Å². The van der Waals surface area contributed by atoms with Gasteiger partial charge in [-0.1, -0.05) is 7.43 Å². The van der Waals surface area contributed by atoms with Crippen molar-refractivity contribution in [1.82, 2.24) is 8.80 Å². The number of aromatic nitrogens is 2. The Balaban J connectivity index is 0.000000360. The normalized spacial score (nSPS) is 7.57. The summed E-state index contributed by atoms with van der Waals surface area (Å²) < 4.78 is 1.50. The standard InChI is InChI=1S/C3H3N2.CH4.Fe/c1-2-4-5-3-1;;/h1-3H;1H4;/q-1;;+1. The van der Waals surface area contributed by atoms with E-state index in [0.717, 1.165) is 0 Å². The molecule has 3 heteroatoms. The van der Waals surface area contributed by atoms with E-state index < -0.39 is 0 Å². The van der Waals surface area contributed by atoms with Gasteiger partial charge < -0.3 is 0 Å². The van der Waals surface area contributed by atoms with E-state index in [-0.39, 0.29) is 7.43 Å². The maximum atomic E-state index is 3.72. The molecule has 0 saturated heterocycles. The summed E-state index contributed by atoms with van der Waals surface area (Å²) in [6, 6.07) is 1.83. The van der Waals surface area contributed by atoms with Crippen molar-refractivity contribution in [2.45, 2.75) is 7.43 Å². The van der Waals surface area contributed by atoms with E-state index in [1.807, 2.05) is 6.07 Å². The third-order valence-corrected chi connectivity index (χ3v) is 0.758. The summed E-state index contributed by atoms with van der Waals surface area (Å²) in [5, 5.41) is 3.72. The summed E-state index contributed by atoms with van der Waals surface area (Å²) in [6.45, 7) is 0. The quantitative estimate of drug-likeness (QED) is 0.486. The minimum absolute atomic E-state index is 0. The van der Waals surface area contributed by atoms with E-state index in [0.29, 0.717) is 0 Å². The van der Waals surface area contributed by atoms with Crippen molar-refractivity contribution in [3.05, 3.63) is 18.5 Å². The fraction of sp³-hybridized carbons (Fsp3) is 0.250. The average molecular weight is 139 g/mol. The number of hydrogen-bond donors (Lipinski definition) is 0. The van der Waals surface area contributed by atoms with Crippen molar-refractivity contribution in [2.24, 2.45) is 0 Å². The molecule has 0 aliphatic rings. The summed E-state index contributed by atoms with van der Waals surface area (Å²) in [7, 11) is 0. The minimum atomic E-state index is 0. The van der Waals surface area contributed by atoms with Gasteiger partial charge in [-0.3, -0.25) is 0 Å². The molecule has 0 atom stereocenters. The second kappa shape index (κ2) is 2.83. The Hall–Kier alpha value is -0.271. The zero-order valence-electron chi connectivity index (χ0n) is 2.98. The maximum absolute atomic E-state index is 3.72. The van der Waals surface area contributed by atoms with Crippen LogP contribution in [0.4, 0.5) is 0 Å². The van der Waals surface area contributed by atoms with Crippen molar-refractivity contribution in [2.75, 3.05) is 0 Å². The number of rotatable bonds is 0. The average Bonchev–Trinajstić information content (AvgIpc) is 1.86. The molecule has 0 unspecified atom stereocenters. The molecule has 0 aromatic carbocycles. The summed E-state index contributed by atoms with van der Waals surface area (Å²) in [4.78, 5) is 0. The SMILES string of the molecule is C.[Fe][n]1cccn1. The fourth-order valence-corrected chi connectivity index (χ4v) is 0.415. The molecular weight excluding hydrogens is 132 g/mol. The van der Waals surface area contributed by atoms with E-state index in [1.165, 1.54) is 3.70 Å². The van der Waals surface area contributed by atoms with Crippen LogP contribution in [-0.4, -0.2) is 8.80 Å². The molecule has 0 amide bonds. The first kappa shape index (κ1) is 6.73. The Morgan fingerprint density at radius 3 is 2.43 bits per heavy atom. The van der Waals surface area contributed by atoms with Crippen molar-refractivity contribution >= 4 is 0 Å². The topological polar surface area (TPSA) is 17.8 Å². The predicted molar refractivity (Wildman–Crippen MR) is 24.4 cm³/mol. The van der Waals surface area contributed by atoms with Gasteiger partial charge in [-0.05, 0) is 0 Å². The fourth-order valence-electron chi connectivity index (χ4n) is 0.246. The number of hydrogen-bond acceptors (Lipinski definition) is 1. The van der Waals surface area contributed by atoms with Gasteiger partial charge in [0, 0.05) is 0 Å². The van der Waals surface area contributed by atoms with Crippen LogP contribution in [0, 0.1) is 0 Å². The van der Waals surface area contributed by atoms with Crippen LogP contribution >= 0.6 is 0 Å². The van der Waals surface area contributed by atoms with Crippen LogP contribution in [0.3, 0.4) is 0 Å². The third-order valence-electron chi connectivity index (χ3n) is 0.466. The molecule has 1 heterocycles. The molecular formula is C4H7FeN2. The van der Waals surface area contributed by atoms with Gasteiger partial charge in [-0.25, -0.2) is 0 Å². The van der Waals surface area contributed by atoms with Crippen LogP contribution in [0.5, 0.6) is 0 Å². The van der Waals surface area contributed by atoms with Gasteiger partial charge in [0.2, 0.25) is 0 Å². The van der Waals surface area contributed by atoms with Crippen LogP contribution < -0.4 is 0 Å². The second-order valence-corrected chi connectivity index (χ2v) is 1.39. The molecule has 0 N–H and O–H groups in total. The van der Waals surface area contributed by atoms with Crippen LogP contribution in [0.1, 0.15) is 7.43 Å². The zero-order chi connectivity index (χ0) is 4.41. The Morgan fingerprint density at radius 1 is 1.57 bits per heavy atom. The van der Waals surface area contributed by atoms with Crippen molar-refractivity contribution in [3.8, 4) is 0 Å². The van der Waals surface area contributed by atoms with E-state index in [9.17, 15) is 0 Å². The molecule has 2 nitrogen and oxygen atoms in total. The first-order valence-corrected chi connectivity index (χ1v) is 2.03. The molecule has 41 valence electrons. The monoisotopic (exact) mass is 139 g/mol. The van der Waals surface area contributed by atoms with Crippen LogP contribution in [0.2, 0.25) is 0 Å². The third kappa shape index (κ3) is 1.76. The molecule has 1 aromatic heterocycles. The molecule has 0 aliphatic carbocycles. The molecule has 1 aromatic rings. The Labute approximate surface area is 51.6 Å². The van der Waals surface area contributed by atoms with Crippen molar-refractivity contribution in [1.29, 1.82) is 0 Å². The van der Waals surface area contributed by atoms with Crippen LogP contribution in [-0.2, 0) is 16.2 Å². The first-order chi connectivity index (χ1) is 2.89. The van der Waals surface area contributed by atoms with E-state index >= 15 is 0 Å². The summed E-state index contributed by atoms with van der Waals surface area (Å²) >= 11 is 3.49. The predicted octanol–water partition coefficient (Wildman–Crippen LogP) is 0.829. The Morgan fingerprint density at radius 2 is 2.29 bits per heavy atom. The summed E-state index contributed by atoms with van der Waals surface area (Å²) in [6.07, 6.45) is 3.47. The van der Waals surface area contributed by atoms with Gasteiger partial charge in [0.1, 0.15) is 0 Å². The van der Waals surface area contributed by atoms with E-state index in [1.54, 1.807) is 12.4 Å². The van der Waals surface area contributed by atoms with Crippen LogP contribution in [0.15, 0.2) is 18.5 Å². The van der Waals surface area contributed by atoms with Crippen molar-refractivity contribution in [3.63, 3.8) is 0 Å². The molecule has 0 saturated carbocycles. The molecule has 1 rings (SSSR count). The molecule has 0 fully saturated rings. The van der Waals surface area contributed by atoms with Crippen LogP contribution in [0.25, 0.3) is 0 Å². The van der Waals surface area contributed by atoms with Gasteiger partial charge in [0.05, 0.1) is 0 Å². The van der Waals surface area contributed by atoms with Gasteiger partial charge in [-0.2, -0.15) is 0 Å². The molecule has 7 heavy (non-hydrogen) atoms. The zero-order valence-corrected chi connectivity index (χ0v) is 4.08. The summed E-state index contributed by atoms with van der Waals surface area (Å²) in [5.74, 6) is 0. The Bertz CT molecular complexity index is 113. The van der Waals surface area contributed by atoms with Crippen molar-refractivity contribution < 1.29 is 16.2 Å². The second-order valence-electron chi connectivity index (χ2n) is 0.884. The molecule has 0 radical (unpaired) electrons. The van der Waals surface area contributed by atoms with Gasteiger partial charge in [0.15, 0.2) is 0 Å². The Kier molecular flexibility index (Phi) is 2.72. The summed E-state index contributed by atoms with van der Waals surface area (Å²) in [5.41, 5.74) is 0. The molecule has 0 aliphatic heterocycles. The van der Waals surface area contributed by atoms with Gasteiger partial charge >= 0.3 is 43.5 Å².